The monoisotopic (exact) mass is 389 g/mol. The average molecular weight is 390 g/mol. The number of halogens is 2. The number of nitrogens with zero attached hydrogens (tertiary/aromatic N) is 1. The van der Waals surface area contributed by atoms with Crippen molar-refractivity contribution in [1.82, 2.24) is 5.43 Å². The molecule has 2 aromatic carbocycles. The van der Waals surface area contributed by atoms with E-state index in [2.05, 4.69) is 22.4 Å². The molecule has 0 saturated heterocycles. The first kappa shape index (κ1) is 19.7. The topological polar surface area (TPSA) is 70.6 Å². The van der Waals surface area contributed by atoms with Crippen LogP contribution in [0.5, 0.6) is 0 Å². The largest absolute Gasteiger partial charge is 0.322 e. The first-order chi connectivity index (χ1) is 12.3. The molecule has 0 unspecified atom stereocenters. The fraction of sp³-hybridized carbons (Fsp3) is 0.105. The second-order valence-electron chi connectivity index (χ2n) is 5.57. The van der Waals surface area contributed by atoms with Gasteiger partial charge < -0.3 is 5.32 Å². The number of rotatable bonds is 5. The molecule has 0 bridgehead atoms. The summed E-state index contributed by atoms with van der Waals surface area (Å²) in [5, 5.41) is 7.49. The molecule has 0 aliphatic rings. The van der Waals surface area contributed by atoms with Crippen LogP contribution in [0.4, 0.5) is 5.69 Å². The van der Waals surface area contributed by atoms with E-state index < -0.39 is 5.91 Å². The Kier molecular flexibility index (Phi) is 6.55. The summed E-state index contributed by atoms with van der Waals surface area (Å²) >= 11 is 11.9. The van der Waals surface area contributed by atoms with Crippen molar-refractivity contribution in [3.05, 3.63) is 75.8 Å². The third-order valence-electron chi connectivity index (χ3n) is 3.45. The highest BCUT2D eigenvalue weighted by Gasteiger charge is 2.10. The van der Waals surface area contributed by atoms with Crippen molar-refractivity contribution in [2.75, 3.05) is 5.32 Å². The summed E-state index contributed by atoms with van der Waals surface area (Å²) in [7, 11) is 0. The van der Waals surface area contributed by atoms with Crippen molar-refractivity contribution >= 4 is 46.4 Å². The van der Waals surface area contributed by atoms with Gasteiger partial charge in [-0.2, -0.15) is 5.10 Å². The van der Waals surface area contributed by atoms with Crippen LogP contribution >= 0.6 is 23.2 Å². The van der Waals surface area contributed by atoms with Crippen molar-refractivity contribution in [2.24, 2.45) is 5.10 Å². The van der Waals surface area contributed by atoms with E-state index in [-0.39, 0.29) is 16.5 Å². The average Bonchev–Trinajstić information content (AvgIpc) is 2.61. The second-order valence-corrected chi connectivity index (χ2v) is 6.42. The summed E-state index contributed by atoms with van der Waals surface area (Å²) in [4.78, 5) is 23.8. The Labute approximate surface area is 161 Å². The van der Waals surface area contributed by atoms with Crippen LogP contribution in [0.25, 0.3) is 0 Å². The summed E-state index contributed by atoms with van der Waals surface area (Å²) in [6, 6.07) is 11.7. The van der Waals surface area contributed by atoms with Crippen molar-refractivity contribution in [1.29, 1.82) is 0 Å². The van der Waals surface area contributed by atoms with Gasteiger partial charge in [-0.3, -0.25) is 9.59 Å². The van der Waals surface area contributed by atoms with Crippen LogP contribution in [0.3, 0.4) is 0 Å². The van der Waals surface area contributed by atoms with Crippen LogP contribution in [-0.4, -0.2) is 17.5 Å². The lowest BCUT2D eigenvalue weighted by atomic mass is 10.1. The van der Waals surface area contributed by atoms with Crippen molar-refractivity contribution < 1.29 is 9.59 Å². The van der Waals surface area contributed by atoms with Gasteiger partial charge in [-0.05, 0) is 49.7 Å². The zero-order valence-electron chi connectivity index (χ0n) is 14.3. The normalized spacial score (nSPS) is 11.0. The van der Waals surface area contributed by atoms with E-state index in [1.165, 1.54) is 6.07 Å². The molecule has 2 N–H and O–H groups in total. The number of anilines is 1. The van der Waals surface area contributed by atoms with E-state index in [1.54, 1.807) is 50.2 Å². The van der Waals surface area contributed by atoms with E-state index >= 15 is 0 Å². The molecular formula is C19H17Cl2N3O2. The van der Waals surface area contributed by atoms with E-state index in [9.17, 15) is 9.59 Å². The minimum absolute atomic E-state index is 0.242. The first-order valence-corrected chi connectivity index (χ1v) is 8.40. The number of amides is 2. The summed E-state index contributed by atoms with van der Waals surface area (Å²) < 4.78 is 0. The third-order valence-corrected chi connectivity index (χ3v) is 4.01. The zero-order valence-corrected chi connectivity index (χ0v) is 15.8. The highest BCUT2D eigenvalue weighted by Crippen LogP contribution is 2.20. The van der Waals surface area contributed by atoms with Gasteiger partial charge in [-0.25, -0.2) is 5.43 Å². The Hall–Kier alpha value is -2.63. The molecule has 0 saturated carbocycles. The molecule has 2 aromatic rings. The van der Waals surface area contributed by atoms with Gasteiger partial charge in [0.2, 0.25) is 0 Å². The highest BCUT2D eigenvalue weighted by atomic mass is 35.5. The number of nitrogens with one attached hydrogen (secondary N) is 2. The first-order valence-electron chi connectivity index (χ1n) is 7.65. The van der Waals surface area contributed by atoms with Crippen LogP contribution in [0.2, 0.25) is 10.0 Å². The van der Waals surface area contributed by atoms with Gasteiger partial charge in [0.1, 0.15) is 0 Å². The molecule has 0 radical (unpaired) electrons. The SMILES string of the molecule is C=C(C)C(=O)Nc1ccc(/C(C)=N/NC(=O)c2cc(Cl)ccc2Cl)cc1. The smallest absolute Gasteiger partial charge is 0.272 e. The molecule has 0 fully saturated rings. The van der Waals surface area contributed by atoms with E-state index in [0.717, 1.165) is 5.56 Å². The molecule has 0 aliphatic carbocycles. The maximum Gasteiger partial charge on any atom is 0.272 e. The minimum atomic E-state index is -0.456. The molecule has 2 rings (SSSR count). The van der Waals surface area contributed by atoms with E-state index in [4.69, 9.17) is 23.2 Å². The quantitative estimate of drug-likeness (QED) is 0.443. The van der Waals surface area contributed by atoms with Gasteiger partial charge >= 0.3 is 0 Å². The zero-order chi connectivity index (χ0) is 19.3. The molecular weight excluding hydrogens is 373 g/mol. The highest BCUT2D eigenvalue weighted by molar-refractivity contribution is 6.35. The van der Waals surface area contributed by atoms with Crippen LogP contribution in [0.15, 0.2) is 59.7 Å². The van der Waals surface area contributed by atoms with Crippen LogP contribution in [0, 0.1) is 0 Å². The fourth-order valence-electron chi connectivity index (χ4n) is 1.96. The number of hydrogen-bond acceptors (Lipinski definition) is 3. The lowest BCUT2D eigenvalue weighted by Gasteiger charge is -2.07. The Morgan fingerprint density at radius 1 is 1.04 bits per heavy atom. The van der Waals surface area contributed by atoms with Crippen molar-refractivity contribution in [3.63, 3.8) is 0 Å². The molecule has 0 aliphatic heterocycles. The van der Waals surface area contributed by atoms with Gasteiger partial charge in [-0.15, -0.1) is 0 Å². The van der Waals surface area contributed by atoms with E-state index in [1.807, 2.05) is 0 Å². The Morgan fingerprint density at radius 2 is 1.69 bits per heavy atom. The molecule has 26 heavy (non-hydrogen) atoms. The fourth-order valence-corrected chi connectivity index (χ4v) is 2.34. The van der Waals surface area contributed by atoms with Gasteiger partial charge in [0.05, 0.1) is 16.3 Å². The molecule has 7 heteroatoms. The third kappa shape index (κ3) is 5.18. The van der Waals surface area contributed by atoms with Crippen LogP contribution < -0.4 is 10.7 Å². The molecule has 2 amide bonds. The minimum Gasteiger partial charge on any atom is -0.322 e. The Bertz CT molecular complexity index is 890. The number of carbonyl (C=O) groups excluding carboxylic acids is 2. The molecule has 0 atom stereocenters. The Morgan fingerprint density at radius 3 is 2.31 bits per heavy atom. The lowest BCUT2D eigenvalue weighted by Crippen LogP contribution is -2.19. The maximum atomic E-state index is 12.2. The van der Waals surface area contributed by atoms with Crippen LogP contribution in [0.1, 0.15) is 29.8 Å². The summed E-state index contributed by atoms with van der Waals surface area (Å²) in [6.07, 6.45) is 0. The lowest BCUT2D eigenvalue weighted by molar-refractivity contribution is -0.112. The standard InChI is InChI=1S/C19H17Cl2N3O2/c1-11(2)18(25)22-15-7-4-13(5-8-15)12(3)23-24-19(26)16-10-14(20)6-9-17(16)21/h4-10H,1H2,2-3H3,(H,22,25)(H,24,26)/b23-12+. The van der Waals surface area contributed by atoms with Gasteiger partial charge in [0.25, 0.3) is 11.8 Å². The number of carbonyl (C=O) groups is 2. The number of hydrazone groups is 1. The van der Waals surface area contributed by atoms with Gasteiger partial charge in [0, 0.05) is 16.3 Å². The molecule has 134 valence electrons. The second kappa shape index (κ2) is 8.65. The van der Waals surface area contributed by atoms with Crippen molar-refractivity contribution in [3.8, 4) is 0 Å². The predicted octanol–water partition coefficient (Wildman–Crippen LogP) is 4.66. The predicted molar refractivity (Wildman–Crippen MR) is 106 cm³/mol. The number of benzene rings is 2. The molecule has 0 aromatic heterocycles. The maximum absolute atomic E-state index is 12.2. The van der Waals surface area contributed by atoms with Crippen molar-refractivity contribution in [2.45, 2.75) is 13.8 Å². The van der Waals surface area contributed by atoms with Gasteiger partial charge in [-0.1, -0.05) is 41.9 Å². The van der Waals surface area contributed by atoms with Crippen LogP contribution in [-0.2, 0) is 4.79 Å². The molecule has 0 spiro atoms. The molecule has 5 nitrogen and oxygen atoms in total. The number of hydrogen-bond donors (Lipinski definition) is 2. The summed E-state index contributed by atoms with van der Waals surface area (Å²) in [5.41, 5.74) is 5.14. The molecule has 0 heterocycles. The van der Waals surface area contributed by atoms with E-state index in [0.29, 0.717) is 22.0 Å². The summed E-state index contributed by atoms with van der Waals surface area (Å²) in [5.74, 6) is -0.698. The summed E-state index contributed by atoms with van der Waals surface area (Å²) in [6.45, 7) is 6.97. The van der Waals surface area contributed by atoms with Gasteiger partial charge in [0.15, 0.2) is 0 Å². The Balaban J connectivity index is 2.07.